The lowest BCUT2D eigenvalue weighted by Crippen LogP contribution is -2.34. The zero-order chi connectivity index (χ0) is 18.1. The van der Waals surface area contributed by atoms with E-state index in [1.807, 2.05) is 0 Å². The second-order valence-corrected chi connectivity index (χ2v) is 6.14. The van der Waals surface area contributed by atoms with E-state index in [0.29, 0.717) is 18.0 Å². The van der Waals surface area contributed by atoms with Crippen LogP contribution in [0.5, 0.6) is 11.5 Å². The van der Waals surface area contributed by atoms with E-state index in [4.69, 9.17) is 9.84 Å². The average molecular weight is 344 g/mol. The first-order chi connectivity index (χ1) is 11.9. The third-order valence-electron chi connectivity index (χ3n) is 4.41. The largest absolute Gasteiger partial charge is 0.504 e. The first kappa shape index (κ1) is 16.9. The van der Waals surface area contributed by atoms with Gasteiger partial charge in [0.2, 0.25) is 0 Å². The minimum atomic E-state index is -1.07. The van der Waals surface area contributed by atoms with Crippen molar-refractivity contribution >= 4 is 11.9 Å². The Morgan fingerprint density at radius 2 is 1.92 bits per heavy atom. The molecule has 0 radical (unpaired) electrons. The van der Waals surface area contributed by atoms with Crippen molar-refractivity contribution < 1.29 is 24.5 Å². The van der Waals surface area contributed by atoms with Crippen LogP contribution in [0.4, 0.5) is 0 Å². The van der Waals surface area contributed by atoms with Gasteiger partial charge in [0.15, 0.2) is 11.5 Å². The van der Waals surface area contributed by atoms with E-state index in [0.717, 1.165) is 18.4 Å². The molecule has 1 fully saturated rings. The van der Waals surface area contributed by atoms with Gasteiger partial charge in [-0.15, -0.1) is 0 Å². The fourth-order valence-corrected chi connectivity index (χ4v) is 2.86. The highest BCUT2D eigenvalue weighted by Crippen LogP contribution is 2.32. The van der Waals surface area contributed by atoms with E-state index in [2.05, 4.69) is 0 Å². The summed E-state index contributed by atoms with van der Waals surface area (Å²) in [5.74, 6) is -0.871. The molecule has 1 aromatic carbocycles. The molecule has 1 aromatic heterocycles. The van der Waals surface area contributed by atoms with Crippen LogP contribution in [0.1, 0.15) is 39.4 Å². The van der Waals surface area contributed by atoms with E-state index in [1.165, 1.54) is 23.8 Å². The fraction of sp³-hybridized carbons (Fsp3) is 0.333. The minimum absolute atomic E-state index is 0.0454. The number of rotatable bonds is 6. The molecule has 0 saturated heterocycles. The standard InChI is InChI=1S/C18H20N2O5/c1-19-13(6-7-14(19)18(23)24)17(22)20(12-4-5-12)10-11-3-8-15(21)16(9-11)25-2/h3,6-9,12,21H,4-5,10H2,1-2H3,(H,23,24). The number of phenols is 1. The first-order valence-corrected chi connectivity index (χ1v) is 7.98. The molecule has 1 saturated carbocycles. The molecule has 0 unspecified atom stereocenters. The molecule has 3 rings (SSSR count). The number of hydrogen-bond donors (Lipinski definition) is 2. The number of aromatic nitrogens is 1. The van der Waals surface area contributed by atoms with Crippen molar-refractivity contribution in [2.45, 2.75) is 25.4 Å². The van der Waals surface area contributed by atoms with Gasteiger partial charge in [-0.3, -0.25) is 4.79 Å². The van der Waals surface area contributed by atoms with Crippen LogP contribution in [-0.4, -0.2) is 44.7 Å². The molecular formula is C18H20N2O5. The summed E-state index contributed by atoms with van der Waals surface area (Å²) in [5, 5.41) is 18.9. The first-order valence-electron chi connectivity index (χ1n) is 7.98. The second kappa shape index (κ2) is 6.51. The van der Waals surface area contributed by atoms with Gasteiger partial charge in [-0.1, -0.05) is 6.07 Å². The number of ether oxygens (including phenoxy) is 1. The van der Waals surface area contributed by atoms with Crippen molar-refractivity contribution in [3.63, 3.8) is 0 Å². The lowest BCUT2D eigenvalue weighted by atomic mass is 10.1. The summed E-state index contributed by atoms with van der Waals surface area (Å²) in [6.45, 7) is 0.369. The van der Waals surface area contributed by atoms with E-state index in [1.54, 1.807) is 30.1 Å². The zero-order valence-corrected chi connectivity index (χ0v) is 14.1. The van der Waals surface area contributed by atoms with Crippen LogP contribution >= 0.6 is 0 Å². The number of phenolic OH excluding ortho intramolecular Hbond substituents is 1. The number of hydrogen-bond acceptors (Lipinski definition) is 4. The molecule has 1 amide bonds. The Morgan fingerprint density at radius 3 is 2.48 bits per heavy atom. The Labute approximate surface area is 145 Å². The third kappa shape index (κ3) is 3.31. The molecule has 1 heterocycles. The molecule has 0 spiro atoms. The number of aromatic carboxylic acids is 1. The van der Waals surface area contributed by atoms with E-state index in [-0.39, 0.29) is 23.4 Å². The molecule has 7 nitrogen and oxygen atoms in total. The van der Waals surface area contributed by atoms with Crippen molar-refractivity contribution in [3.05, 3.63) is 47.3 Å². The summed E-state index contributed by atoms with van der Waals surface area (Å²) in [5.41, 5.74) is 1.25. The van der Waals surface area contributed by atoms with Gasteiger partial charge in [0, 0.05) is 19.6 Å². The Bertz CT molecular complexity index is 823. The topological polar surface area (TPSA) is 92.0 Å². The highest BCUT2D eigenvalue weighted by Gasteiger charge is 2.34. The van der Waals surface area contributed by atoms with E-state index >= 15 is 0 Å². The maximum absolute atomic E-state index is 12.9. The van der Waals surface area contributed by atoms with Crippen molar-refractivity contribution in [2.24, 2.45) is 7.05 Å². The predicted molar refractivity (Wildman–Crippen MR) is 89.9 cm³/mol. The zero-order valence-electron chi connectivity index (χ0n) is 14.1. The van der Waals surface area contributed by atoms with Crippen LogP contribution in [0.25, 0.3) is 0 Å². The third-order valence-corrected chi connectivity index (χ3v) is 4.41. The molecule has 2 N–H and O–H groups in total. The van der Waals surface area contributed by atoms with Gasteiger partial charge in [-0.25, -0.2) is 4.79 Å². The lowest BCUT2D eigenvalue weighted by molar-refractivity contribution is 0.0684. The highest BCUT2D eigenvalue weighted by molar-refractivity contribution is 5.96. The van der Waals surface area contributed by atoms with Crippen molar-refractivity contribution in [2.75, 3.05) is 7.11 Å². The van der Waals surface area contributed by atoms with Crippen LogP contribution in [0, 0.1) is 0 Å². The number of amides is 1. The summed E-state index contributed by atoms with van der Waals surface area (Å²) in [6, 6.07) is 8.10. The van der Waals surface area contributed by atoms with Crippen LogP contribution in [0.15, 0.2) is 30.3 Å². The monoisotopic (exact) mass is 344 g/mol. The Hall–Kier alpha value is -2.96. The molecular weight excluding hydrogens is 324 g/mol. The van der Waals surface area contributed by atoms with E-state index in [9.17, 15) is 14.7 Å². The number of aromatic hydroxyl groups is 1. The van der Waals surface area contributed by atoms with Crippen molar-refractivity contribution in [1.29, 1.82) is 0 Å². The van der Waals surface area contributed by atoms with Gasteiger partial charge in [0.25, 0.3) is 5.91 Å². The maximum atomic E-state index is 12.9. The predicted octanol–water partition coefficient (Wildman–Crippen LogP) is 2.24. The van der Waals surface area contributed by atoms with Crippen LogP contribution < -0.4 is 4.74 Å². The molecule has 7 heteroatoms. The molecule has 25 heavy (non-hydrogen) atoms. The van der Waals surface area contributed by atoms with Gasteiger partial charge in [-0.05, 0) is 42.7 Å². The smallest absolute Gasteiger partial charge is 0.352 e. The summed E-state index contributed by atoms with van der Waals surface area (Å²) < 4.78 is 6.51. The number of carboxylic acids is 1. The molecule has 0 atom stereocenters. The van der Waals surface area contributed by atoms with Gasteiger partial charge in [0.05, 0.1) is 7.11 Å². The van der Waals surface area contributed by atoms with Crippen molar-refractivity contribution in [1.82, 2.24) is 9.47 Å². The lowest BCUT2D eigenvalue weighted by Gasteiger charge is -2.23. The summed E-state index contributed by atoms with van der Waals surface area (Å²) >= 11 is 0. The summed E-state index contributed by atoms with van der Waals surface area (Å²) in [6.07, 6.45) is 1.86. The molecule has 1 aliphatic rings. The normalized spacial score (nSPS) is 13.5. The minimum Gasteiger partial charge on any atom is -0.504 e. The molecule has 1 aliphatic carbocycles. The quantitative estimate of drug-likeness (QED) is 0.838. The summed E-state index contributed by atoms with van der Waals surface area (Å²) in [7, 11) is 3.05. The van der Waals surface area contributed by atoms with Gasteiger partial charge >= 0.3 is 5.97 Å². The highest BCUT2D eigenvalue weighted by atomic mass is 16.5. The van der Waals surface area contributed by atoms with Crippen LogP contribution in [0.3, 0.4) is 0 Å². The number of carboxylic acid groups (broad SMARTS) is 1. The molecule has 0 bridgehead atoms. The number of carbonyl (C=O) groups is 2. The molecule has 132 valence electrons. The fourth-order valence-electron chi connectivity index (χ4n) is 2.86. The van der Waals surface area contributed by atoms with Gasteiger partial charge in [0.1, 0.15) is 11.4 Å². The van der Waals surface area contributed by atoms with Gasteiger partial charge < -0.3 is 24.4 Å². The number of carbonyl (C=O) groups excluding carboxylic acids is 1. The SMILES string of the molecule is COc1cc(CN(C(=O)c2ccc(C(=O)O)n2C)C2CC2)ccc1O. The average Bonchev–Trinajstić information content (AvgIpc) is 3.35. The van der Waals surface area contributed by atoms with E-state index < -0.39 is 5.97 Å². The number of benzene rings is 1. The Kier molecular flexibility index (Phi) is 4.39. The number of nitrogens with zero attached hydrogens (tertiary/aromatic N) is 2. The maximum Gasteiger partial charge on any atom is 0.352 e. The Balaban J connectivity index is 1.87. The molecule has 2 aromatic rings. The van der Waals surface area contributed by atoms with Crippen molar-refractivity contribution in [3.8, 4) is 11.5 Å². The van der Waals surface area contributed by atoms with Gasteiger partial charge in [-0.2, -0.15) is 0 Å². The van der Waals surface area contributed by atoms with Crippen LogP contribution in [0.2, 0.25) is 0 Å². The summed E-state index contributed by atoms with van der Waals surface area (Å²) in [4.78, 5) is 25.9. The number of methoxy groups -OCH3 is 1. The Morgan fingerprint density at radius 1 is 1.24 bits per heavy atom. The molecule has 0 aliphatic heterocycles. The second-order valence-electron chi connectivity index (χ2n) is 6.14. The van der Waals surface area contributed by atoms with Crippen LogP contribution in [-0.2, 0) is 13.6 Å².